The standard InChI is InChI=1S/C15H23NO6/c1-15(2,3)22-14(19)16-7-6-10(9-16)8-11(12(17)20-4)13(18)21-5/h6,11H,7-9H2,1-5H3. The zero-order valence-electron chi connectivity index (χ0n) is 13.7. The van der Waals surface area contributed by atoms with Gasteiger partial charge in [-0.2, -0.15) is 0 Å². The van der Waals surface area contributed by atoms with E-state index >= 15 is 0 Å². The minimum absolute atomic E-state index is 0.165. The molecular formula is C15H23NO6. The smallest absolute Gasteiger partial charge is 0.410 e. The van der Waals surface area contributed by atoms with Gasteiger partial charge in [0.15, 0.2) is 5.92 Å². The maximum Gasteiger partial charge on any atom is 0.410 e. The molecule has 0 spiro atoms. The Morgan fingerprint density at radius 1 is 1.18 bits per heavy atom. The highest BCUT2D eigenvalue weighted by molar-refractivity contribution is 5.95. The van der Waals surface area contributed by atoms with E-state index in [0.29, 0.717) is 13.1 Å². The number of methoxy groups -OCH3 is 2. The lowest BCUT2D eigenvalue weighted by molar-refractivity contribution is -0.158. The Balaban J connectivity index is 2.63. The van der Waals surface area contributed by atoms with Crippen molar-refractivity contribution in [2.75, 3.05) is 27.3 Å². The van der Waals surface area contributed by atoms with Gasteiger partial charge in [-0.3, -0.25) is 9.59 Å². The molecule has 1 amide bonds. The van der Waals surface area contributed by atoms with Gasteiger partial charge in [-0.15, -0.1) is 0 Å². The maximum atomic E-state index is 12.0. The van der Waals surface area contributed by atoms with Crippen LogP contribution >= 0.6 is 0 Å². The lowest BCUT2D eigenvalue weighted by atomic mass is 10.00. The average molecular weight is 313 g/mol. The molecule has 0 saturated heterocycles. The van der Waals surface area contributed by atoms with Crippen LogP contribution < -0.4 is 0 Å². The molecule has 0 aromatic heterocycles. The molecule has 0 radical (unpaired) electrons. The van der Waals surface area contributed by atoms with Gasteiger partial charge in [0.1, 0.15) is 5.60 Å². The van der Waals surface area contributed by atoms with E-state index in [9.17, 15) is 14.4 Å². The van der Waals surface area contributed by atoms with Crippen molar-refractivity contribution >= 4 is 18.0 Å². The van der Waals surface area contributed by atoms with E-state index in [1.54, 1.807) is 20.8 Å². The minimum atomic E-state index is -1.01. The highest BCUT2D eigenvalue weighted by Gasteiger charge is 2.32. The number of ether oxygens (including phenoxy) is 3. The summed E-state index contributed by atoms with van der Waals surface area (Å²) in [4.78, 5) is 36.8. The molecule has 7 heteroatoms. The van der Waals surface area contributed by atoms with E-state index in [4.69, 9.17) is 4.74 Å². The fourth-order valence-electron chi connectivity index (χ4n) is 2.04. The van der Waals surface area contributed by atoms with E-state index < -0.39 is 29.6 Å². The first-order valence-electron chi connectivity index (χ1n) is 6.99. The second-order valence-corrected chi connectivity index (χ2v) is 6.03. The van der Waals surface area contributed by atoms with Crippen LogP contribution in [-0.2, 0) is 23.8 Å². The van der Waals surface area contributed by atoms with Crippen LogP contribution in [0.15, 0.2) is 11.6 Å². The number of esters is 2. The van der Waals surface area contributed by atoms with Crippen molar-refractivity contribution in [1.82, 2.24) is 4.90 Å². The first-order chi connectivity index (χ1) is 10.2. The van der Waals surface area contributed by atoms with Crippen molar-refractivity contribution in [3.63, 3.8) is 0 Å². The molecule has 0 N–H and O–H groups in total. The topological polar surface area (TPSA) is 82.1 Å². The summed E-state index contributed by atoms with van der Waals surface area (Å²) < 4.78 is 14.5. The normalized spacial score (nSPS) is 14.6. The molecule has 22 heavy (non-hydrogen) atoms. The van der Waals surface area contributed by atoms with Crippen LogP contribution in [0.1, 0.15) is 27.2 Å². The molecule has 0 aliphatic carbocycles. The fourth-order valence-corrected chi connectivity index (χ4v) is 2.04. The second kappa shape index (κ2) is 7.29. The molecule has 7 nitrogen and oxygen atoms in total. The Morgan fingerprint density at radius 3 is 2.18 bits per heavy atom. The van der Waals surface area contributed by atoms with Gasteiger partial charge in [0, 0.05) is 13.1 Å². The Morgan fingerprint density at radius 2 is 1.73 bits per heavy atom. The number of hydrogen-bond acceptors (Lipinski definition) is 6. The molecule has 1 rings (SSSR count). The maximum absolute atomic E-state index is 12.0. The van der Waals surface area contributed by atoms with Gasteiger partial charge in [-0.05, 0) is 27.2 Å². The summed E-state index contributed by atoms with van der Waals surface area (Å²) in [5, 5.41) is 0. The van der Waals surface area contributed by atoms with Crippen molar-refractivity contribution in [3.05, 3.63) is 11.6 Å². The summed E-state index contributed by atoms with van der Waals surface area (Å²) in [6.45, 7) is 6.08. The third kappa shape index (κ3) is 5.05. The monoisotopic (exact) mass is 313 g/mol. The van der Waals surface area contributed by atoms with Gasteiger partial charge in [0.2, 0.25) is 0 Å². The van der Waals surface area contributed by atoms with E-state index in [0.717, 1.165) is 5.57 Å². The quantitative estimate of drug-likeness (QED) is 0.339. The van der Waals surface area contributed by atoms with Crippen LogP contribution in [0, 0.1) is 5.92 Å². The van der Waals surface area contributed by atoms with Crippen LogP contribution in [0.2, 0.25) is 0 Å². The highest BCUT2D eigenvalue weighted by atomic mass is 16.6. The molecule has 0 fully saturated rings. The largest absolute Gasteiger partial charge is 0.468 e. The summed E-state index contributed by atoms with van der Waals surface area (Å²) in [6.07, 6.45) is 1.55. The van der Waals surface area contributed by atoms with Crippen LogP contribution in [0.4, 0.5) is 4.79 Å². The lowest BCUT2D eigenvalue weighted by Crippen LogP contribution is -2.36. The molecule has 0 aromatic carbocycles. The van der Waals surface area contributed by atoms with Crippen molar-refractivity contribution < 1.29 is 28.6 Å². The second-order valence-electron chi connectivity index (χ2n) is 6.03. The van der Waals surface area contributed by atoms with Crippen LogP contribution in [0.3, 0.4) is 0 Å². The molecule has 1 aliphatic heterocycles. The number of carbonyl (C=O) groups is 3. The summed E-state index contributed by atoms with van der Waals surface area (Å²) in [6, 6.07) is 0. The molecule has 0 atom stereocenters. The van der Waals surface area contributed by atoms with Crippen molar-refractivity contribution in [2.24, 2.45) is 5.92 Å². The van der Waals surface area contributed by atoms with E-state index in [2.05, 4.69) is 9.47 Å². The Bertz CT molecular complexity index is 461. The predicted molar refractivity (Wildman–Crippen MR) is 78.0 cm³/mol. The molecular weight excluding hydrogens is 290 g/mol. The van der Waals surface area contributed by atoms with E-state index in [-0.39, 0.29) is 6.42 Å². The lowest BCUT2D eigenvalue weighted by Gasteiger charge is -2.24. The Kier molecular flexibility index (Phi) is 5.96. The third-order valence-electron chi connectivity index (χ3n) is 3.08. The number of rotatable bonds is 4. The molecule has 1 heterocycles. The molecule has 0 bridgehead atoms. The van der Waals surface area contributed by atoms with Gasteiger partial charge in [-0.1, -0.05) is 11.6 Å². The number of hydrogen-bond donors (Lipinski definition) is 0. The first-order valence-corrected chi connectivity index (χ1v) is 6.99. The number of carbonyl (C=O) groups excluding carboxylic acids is 3. The van der Waals surface area contributed by atoms with Gasteiger partial charge >= 0.3 is 18.0 Å². The summed E-state index contributed by atoms with van der Waals surface area (Å²) >= 11 is 0. The zero-order valence-corrected chi connectivity index (χ0v) is 13.7. The molecule has 1 aliphatic rings. The van der Waals surface area contributed by atoms with E-state index in [1.165, 1.54) is 19.1 Å². The molecule has 0 aromatic rings. The summed E-state index contributed by atoms with van der Waals surface area (Å²) in [5.41, 5.74) is 0.229. The predicted octanol–water partition coefficient (Wildman–Crippen LogP) is 1.52. The SMILES string of the molecule is COC(=O)C(CC1=CCN(C(=O)OC(C)(C)C)C1)C(=O)OC. The average Bonchev–Trinajstić information content (AvgIpc) is 2.90. The van der Waals surface area contributed by atoms with Crippen molar-refractivity contribution in [1.29, 1.82) is 0 Å². The van der Waals surface area contributed by atoms with Gasteiger partial charge in [-0.25, -0.2) is 4.79 Å². The van der Waals surface area contributed by atoms with Gasteiger partial charge in [0.25, 0.3) is 0 Å². The summed E-state index contributed by atoms with van der Waals surface area (Å²) in [5.74, 6) is -2.31. The highest BCUT2D eigenvalue weighted by Crippen LogP contribution is 2.21. The van der Waals surface area contributed by atoms with E-state index in [1.807, 2.05) is 6.08 Å². The number of amides is 1. The van der Waals surface area contributed by atoms with Gasteiger partial charge < -0.3 is 19.1 Å². The van der Waals surface area contributed by atoms with Crippen LogP contribution in [0.25, 0.3) is 0 Å². The molecule has 0 saturated carbocycles. The zero-order chi connectivity index (χ0) is 16.9. The van der Waals surface area contributed by atoms with Gasteiger partial charge in [0.05, 0.1) is 14.2 Å². The molecule has 0 unspecified atom stereocenters. The fraction of sp³-hybridized carbons (Fsp3) is 0.667. The Labute approximate surface area is 130 Å². The summed E-state index contributed by atoms with van der Waals surface area (Å²) in [7, 11) is 2.43. The van der Waals surface area contributed by atoms with Crippen molar-refractivity contribution in [2.45, 2.75) is 32.8 Å². The Hall–Kier alpha value is -2.05. The van der Waals surface area contributed by atoms with Crippen molar-refractivity contribution in [3.8, 4) is 0 Å². The minimum Gasteiger partial charge on any atom is -0.468 e. The third-order valence-corrected chi connectivity index (χ3v) is 3.08. The number of nitrogens with zero attached hydrogens (tertiary/aromatic N) is 1. The van der Waals surface area contributed by atoms with Crippen LogP contribution in [0.5, 0.6) is 0 Å². The van der Waals surface area contributed by atoms with Crippen LogP contribution in [-0.4, -0.2) is 55.8 Å². The first kappa shape index (κ1) is 18.0. The molecule has 124 valence electrons.